The zero-order chi connectivity index (χ0) is 23.3. The van der Waals surface area contributed by atoms with Crippen LogP contribution in [0.2, 0.25) is 0 Å². The van der Waals surface area contributed by atoms with Crippen molar-refractivity contribution in [1.29, 1.82) is 0 Å². The zero-order valence-electron chi connectivity index (χ0n) is 16.4. The number of carbonyl (C=O) groups excluding carboxylic acids is 1. The number of para-hydroxylation sites is 1. The van der Waals surface area contributed by atoms with Crippen molar-refractivity contribution >= 4 is 19.5 Å². The first-order valence-electron chi connectivity index (χ1n) is 8.75. The van der Waals surface area contributed by atoms with Gasteiger partial charge in [0.05, 0.1) is 6.10 Å². The molecular formula is C19H17F5NO5P. The van der Waals surface area contributed by atoms with Crippen molar-refractivity contribution in [2.45, 2.75) is 32.9 Å². The summed E-state index contributed by atoms with van der Waals surface area (Å²) in [4.78, 5) is 15.5. The minimum atomic E-state index is -4.83. The summed E-state index contributed by atoms with van der Waals surface area (Å²) in [7, 11) is -4.83. The molecule has 0 heterocycles. The number of halogens is 5. The maximum atomic E-state index is 14.0. The van der Waals surface area contributed by atoms with Crippen LogP contribution in [0, 0.1) is 29.1 Å². The molecule has 0 amide bonds. The Labute approximate surface area is 174 Å². The summed E-state index contributed by atoms with van der Waals surface area (Å²) in [5.74, 6) is -14.1. The Morgan fingerprint density at radius 3 is 1.94 bits per heavy atom. The van der Waals surface area contributed by atoms with E-state index in [1.165, 1.54) is 31.2 Å². The minimum Gasteiger partial charge on any atom is -0.461 e. The number of ether oxygens (including phenoxy) is 1. The molecule has 0 aliphatic rings. The summed E-state index contributed by atoms with van der Waals surface area (Å²) in [6.07, 6.45) is -0.484. The summed E-state index contributed by atoms with van der Waals surface area (Å²) in [5, 5.41) is 0. The molecule has 168 valence electrons. The Balaban J connectivity index is 2.46. The Morgan fingerprint density at radius 1 is 0.903 bits per heavy atom. The van der Waals surface area contributed by atoms with E-state index in [2.05, 4.69) is 9.52 Å². The number of nitrogens with zero attached hydrogens (tertiary/aromatic N) is 1. The third-order valence-electron chi connectivity index (χ3n) is 3.49. The molecule has 0 radical (unpaired) electrons. The molecule has 0 saturated heterocycles. The first-order chi connectivity index (χ1) is 14.4. The highest BCUT2D eigenvalue weighted by molar-refractivity contribution is 7.70. The Kier molecular flexibility index (Phi) is 7.78. The molecule has 0 bridgehead atoms. The summed E-state index contributed by atoms with van der Waals surface area (Å²) >= 11 is 0. The molecule has 0 N–H and O–H groups in total. The molecular weight excluding hydrogens is 448 g/mol. The summed E-state index contributed by atoms with van der Waals surface area (Å²) in [6, 6.07) is 5.82. The van der Waals surface area contributed by atoms with Gasteiger partial charge in [-0.1, -0.05) is 18.2 Å². The Hall–Kier alpha value is -2.94. The van der Waals surface area contributed by atoms with Crippen LogP contribution in [0.4, 0.5) is 22.0 Å². The molecule has 0 spiro atoms. The van der Waals surface area contributed by atoms with Crippen molar-refractivity contribution in [2.75, 3.05) is 0 Å². The fourth-order valence-electron chi connectivity index (χ4n) is 2.06. The monoisotopic (exact) mass is 465 g/mol. The highest BCUT2D eigenvalue weighted by atomic mass is 31.2. The van der Waals surface area contributed by atoms with E-state index in [1.54, 1.807) is 19.9 Å². The van der Waals surface area contributed by atoms with Crippen molar-refractivity contribution in [2.24, 2.45) is 4.99 Å². The smallest absolute Gasteiger partial charge is 0.461 e. The van der Waals surface area contributed by atoms with E-state index in [0.717, 1.165) is 0 Å². The molecule has 2 atom stereocenters. The first kappa shape index (κ1) is 24.3. The van der Waals surface area contributed by atoms with Gasteiger partial charge in [0.1, 0.15) is 17.7 Å². The second-order valence-electron chi connectivity index (χ2n) is 6.36. The van der Waals surface area contributed by atoms with Gasteiger partial charge in [0.15, 0.2) is 0 Å². The van der Waals surface area contributed by atoms with Crippen LogP contribution in [-0.4, -0.2) is 24.1 Å². The van der Waals surface area contributed by atoms with Gasteiger partial charge in [-0.2, -0.15) is 8.78 Å². The summed E-state index contributed by atoms with van der Waals surface area (Å²) in [6.45, 7) is 4.40. The first-order valence-corrected chi connectivity index (χ1v) is 10.4. The highest BCUT2D eigenvalue weighted by Crippen LogP contribution is 2.48. The average molecular weight is 465 g/mol. The van der Waals surface area contributed by atoms with E-state index in [4.69, 9.17) is 9.26 Å². The molecule has 1 unspecified atom stereocenters. The van der Waals surface area contributed by atoms with Crippen LogP contribution in [-0.2, 0) is 14.1 Å². The lowest BCUT2D eigenvalue weighted by molar-refractivity contribution is -0.148. The standard InChI is InChI=1S/C19H17F5NO5P/c1-10(2)28-19(26)11(3)25-9-31(27,29-12-7-5-4-6-8-12)30-18-16(23)14(21)13(20)15(22)17(18)24/h4-11H,1-3H3/t11-,31?/m0/s1. The molecule has 2 aromatic carbocycles. The number of rotatable bonds is 8. The minimum absolute atomic E-state index is 0.126. The van der Waals surface area contributed by atoms with Crippen LogP contribution in [0.15, 0.2) is 35.3 Å². The second kappa shape index (κ2) is 9.91. The second-order valence-corrected chi connectivity index (χ2v) is 8.04. The number of carbonyl (C=O) groups is 1. The van der Waals surface area contributed by atoms with E-state index >= 15 is 0 Å². The molecule has 0 aliphatic heterocycles. The van der Waals surface area contributed by atoms with Crippen LogP contribution >= 0.6 is 7.60 Å². The normalized spacial score (nSPS) is 14.4. The van der Waals surface area contributed by atoms with Gasteiger partial charge in [0.2, 0.25) is 34.8 Å². The van der Waals surface area contributed by atoms with Gasteiger partial charge in [0.25, 0.3) is 0 Å². The molecule has 31 heavy (non-hydrogen) atoms. The SMILES string of the molecule is CC(C)OC(=O)[C@H](C)N=CP(=O)(Oc1ccccc1)Oc1c(F)c(F)c(F)c(F)c1F. The van der Waals surface area contributed by atoms with Gasteiger partial charge in [-0.15, -0.1) is 0 Å². The van der Waals surface area contributed by atoms with Crippen molar-refractivity contribution in [3.8, 4) is 11.5 Å². The van der Waals surface area contributed by atoms with E-state index in [1.807, 2.05) is 0 Å². The van der Waals surface area contributed by atoms with Gasteiger partial charge >= 0.3 is 13.6 Å². The number of benzene rings is 2. The average Bonchev–Trinajstić information content (AvgIpc) is 2.72. The molecule has 0 aliphatic carbocycles. The van der Waals surface area contributed by atoms with Gasteiger partial charge in [0, 0.05) is 0 Å². The van der Waals surface area contributed by atoms with Gasteiger partial charge in [-0.05, 0) is 32.9 Å². The lowest BCUT2D eigenvalue weighted by atomic mass is 10.3. The van der Waals surface area contributed by atoms with Crippen molar-refractivity contribution < 1.29 is 45.1 Å². The van der Waals surface area contributed by atoms with Crippen molar-refractivity contribution in [3.05, 3.63) is 59.4 Å². The third-order valence-corrected chi connectivity index (χ3v) is 4.81. The predicted octanol–water partition coefficient (Wildman–Crippen LogP) is 5.40. The fraction of sp³-hybridized carbons (Fsp3) is 0.263. The zero-order valence-corrected chi connectivity index (χ0v) is 17.3. The number of hydrogen-bond donors (Lipinski definition) is 0. The van der Waals surface area contributed by atoms with Crippen molar-refractivity contribution in [3.63, 3.8) is 0 Å². The van der Waals surface area contributed by atoms with Crippen LogP contribution < -0.4 is 9.05 Å². The molecule has 12 heteroatoms. The van der Waals surface area contributed by atoms with Crippen molar-refractivity contribution in [1.82, 2.24) is 0 Å². The summed E-state index contributed by atoms with van der Waals surface area (Å²) < 4.78 is 96.0. The Morgan fingerprint density at radius 2 is 1.42 bits per heavy atom. The van der Waals surface area contributed by atoms with E-state index < -0.39 is 60.5 Å². The number of aliphatic imine (C=N–C) groups is 1. The largest absolute Gasteiger partial charge is 0.473 e. The lowest BCUT2D eigenvalue weighted by Crippen LogP contribution is -2.22. The molecule has 2 rings (SSSR count). The number of hydrogen-bond acceptors (Lipinski definition) is 6. The van der Waals surface area contributed by atoms with E-state index in [-0.39, 0.29) is 5.75 Å². The maximum absolute atomic E-state index is 14.0. The molecule has 2 aromatic rings. The third kappa shape index (κ3) is 6.04. The molecule has 0 fully saturated rings. The van der Waals surface area contributed by atoms with Crippen LogP contribution in [0.3, 0.4) is 0 Å². The van der Waals surface area contributed by atoms with Gasteiger partial charge in [-0.25, -0.2) is 22.5 Å². The maximum Gasteiger partial charge on any atom is 0.473 e. The summed E-state index contributed by atoms with van der Waals surface area (Å²) in [5.41, 5.74) is 0. The van der Waals surface area contributed by atoms with Crippen LogP contribution in [0.1, 0.15) is 20.8 Å². The van der Waals surface area contributed by atoms with Gasteiger partial charge in [-0.3, -0.25) is 4.99 Å². The Bertz CT molecular complexity index is 1000. The fourth-order valence-corrected chi connectivity index (χ4v) is 3.38. The van der Waals surface area contributed by atoms with Crippen LogP contribution in [0.25, 0.3) is 0 Å². The molecule has 6 nitrogen and oxygen atoms in total. The highest BCUT2D eigenvalue weighted by Gasteiger charge is 2.35. The van der Waals surface area contributed by atoms with Crippen LogP contribution in [0.5, 0.6) is 11.5 Å². The molecule has 0 saturated carbocycles. The predicted molar refractivity (Wildman–Crippen MR) is 101 cm³/mol. The van der Waals surface area contributed by atoms with Gasteiger partial charge < -0.3 is 13.8 Å². The molecule has 0 aromatic heterocycles. The lowest BCUT2D eigenvalue weighted by Gasteiger charge is -2.18. The quantitative estimate of drug-likeness (QED) is 0.130. The number of esters is 1. The topological polar surface area (TPSA) is 74.2 Å². The van der Waals surface area contributed by atoms with E-state index in [9.17, 15) is 31.3 Å². The van der Waals surface area contributed by atoms with E-state index in [0.29, 0.717) is 5.96 Å².